The second kappa shape index (κ2) is 5.77. The Morgan fingerprint density at radius 2 is 2.10 bits per heavy atom. The zero-order valence-corrected chi connectivity index (χ0v) is 13.2. The maximum atomic E-state index is 11.8. The first kappa shape index (κ1) is 13.9. The number of carbonyl (C=O) groups excluding carboxylic acids is 1. The molecule has 1 N–H and O–H groups in total. The SMILES string of the molecule is COc1ccc(Br)c(CN2CC(=O)Nc3ccccc32)c1. The summed E-state index contributed by atoms with van der Waals surface area (Å²) in [4.78, 5) is 13.9. The predicted octanol–water partition coefficient (Wildman–Crippen LogP) is 3.42. The molecule has 1 aliphatic heterocycles. The molecule has 0 spiro atoms. The number of hydrogen-bond donors (Lipinski definition) is 1. The fraction of sp³-hybridized carbons (Fsp3) is 0.188. The van der Waals surface area contributed by atoms with Crippen LogP contribution in [0.5, 0.6) is 5.75 Å². The Hall–Kier alpha value is -2.01. The lowest BCUT2D eigenvalue weighted by Gasteiger charge is -2.31. The highest BCUT2D eigenvalue weighted by Gasteiger charge is 2.22. The minimum Gasteiger partial charge on any atom is -0.497 e. The van der Waals surface area contributed by atoms with Crippen LogP contribution in [0.2, 0.25) is 0 Å². The molecule has 5 heteroatoms. The number of nitrogens with zero attached hydrogens (tertiary/aromatic N) is 1. The minimum absolute atomic E-state index is 0.00715. The van der Waals surface area contributed by atoms with Gasteiger partial charge in [-0.2, -0.15) is 0 Å². The molecule has 0 bridgehead atoms. The van der Waals surface area contributed by atoms with E-state index in [2.05, 4.69) is 26.1 Å². The number of benzene rings is 2. The van der Waals surface area contributed by atoms with Gasteiger partial charge in [0.1, 0.15) is 5.75 Å². The van der Waals surface area contributed by atoms with Crippen molar-refractivity contribution in [1.29, 1.82) is 0 Å². The minimum atomic E-state index is 0.00715. The van der Waals surface area contributed by atoms with Crippen LogP contribution in [0.15, 0.2) is 46.9 Å². The summed E-state index contributed by atoms with van der Waals surface area (Å²) >= 11 is 3.56. The van der Waals surface area contributed by atoms with Crippen molar-refractivity contribution < 1.29 is 9.53 Å². The number of amides is 1. The first-order valence-electron chi connectivity index (χ1n) is 6.63. The fourth-order valence-corrected chi connectivity index (χ4v) is 2.82. The molecule has 108 valence electrons. The topological polar surface area (TPSA) is 41.6 Å². The van der Waals surface area contributed by atoms with E-state index in [1.165, 1.54) is 0 Å². The lowest BCUT2D eigenvalue weighted by Crippen LogP contribution is -2.37. The van der Waals surface area contributed by atoms with Crippen LogP contribution in [0, 0.1) is 0 Å². The van der Waals surface area contributed by atoms with Crippen LogP contribution >= 0.6 is 15.9 Å². The number of ether oxygens (including phenoxy) is 1. The third kappa shape index (κ3) is 2.88. The van der Waals surface area contributed by atoms with E-state index in [4.69, 9.17) is 4.74 Å². The second-order valence-electron chi connectivity index (χ2n) is 4.88. The van der Waals surface area contributed by atoms with Gasteiger partial charge in [-0.15, -0.1) is 0 Å². The lowest BCUT2D eigenvalue weighted by atomic mass is 10.1. The third-order valence-corrected chi connectivity index (χ3v) is 4.24. The first-order valence-corrected chi connectivity index (χ1v) is 7.43. The molecular formula is C16H15BrN2O2. The monoisotopic (exact) mass is 346 g/mol. The van der Waals surface area contributed by atoms with E-state index in [0.29, 0.717) is 13.1 Å². The number of para-hydroxylation sites is 2. The van der Waals surface area contributed by atoms with Crippen LogP contribution < -0.4 is 15.0 Å². The van der Waals surface area contributed by atoms with Gasteiger partial charge >= 0.3 is 0 Å². The van der Waals surface area contributed by atoms with Crippen molar-refractivity contribution in [2.75, 3.05) is 23.9 Å². The van der Waals surface area contributed by atoms with Crippen molar-refractivity contribution in [2.45, 2.75) is 6.54 Å². The Kier molecular flexibility index (Phi) is 3.84. The van der Waals surface area contributed by atoms with Crippen molar-refractivity contribution >= 4 is 33.2 Å². The molecule has 3 rings (SSSR count). The summed E-state index contributed by atoms with van der Waals surface area (Å²) in [6.45, 7) is 0.989. The molecule has 0 radical (unpaired) electrons. The number of rotatable bonds is 3. The van der Waals surface area contributed by atoms with Crippen molar-refractivity contribution in [1.82, 2.24) is 0 Å². The van der Waals surface area contributed by atoms with E-state index in [0.717, 1.165) is 27.2 Å². The smallest absolute Gasteiger partial charge is 0.243 e. The van der Waals surface area contributed by atoms with Gasteiger partial charge in [-0.25, -0.2) is 0 Å². The van der Waals surface area contributed by atoms with Gasteiger partial charge in [0.25, 0.3) is 0 Å². The van der Waals surface area contributed by atoms with E-state index < -0.39 is 0 Å². The van der Waals surface area contributed by atoms with Crippen LogP contribution in [0.1, 0.15) is 5.56 Å². The van der Waals surface area contributed by atoms with Crippen LogP contribution in [-0.4, -0.2) is 19.6 Å². The number of halogens is 1. The molecular weight excluding hydrogens is 332 g/mol. The maximum absolute atomic E-state index is 11.8. The molecule has 0 fully saturated rings. The Labute approximate surface area is 131 Å². The van der Waals surface area contributed by atoms with Gasteiger partial charge < -0.3 is 15.0 Å². The van der Waals surface area contributed by atoms with Gasteiger partial charge in [0.2, 0.25) is 5.91 Å². The number of fused-ring (bicyclic) bond motifs is 1. The van der Waals surface area contributed by atoms with E-state index in [1.807, 2.05) is 42.5 Å². The molecule has 2 aromatic carbocycles. The van der Waals surface area contributed by atoms with E-state index in [-0.39, 0.29) is 5.91 Å². The third-order valence-electron chi connectivity index (χ3n) is 3.47. The van der Waals surface area contributed by atoms with Gasteiger partial charge in [-0.1, -0.05) is 28.1 Å². The summed E-state index contributed by atoms with van der Waals surface area (Å²) in [5.41, 5.74) is 2.97. The summed E-state index contributed by atoms with van der Waals surface area (Å²) in [5.74, 6) is 0.815. The zero-order chi connectivity index (χ0) is 14.8. The molecule has 0 aromatic heterocycles. The molecule has 0 saturated heterocycles. The molecule has 1 amide bonds. The quantitative estimate of drug-likeness (QED) is 0.925. The molecule has 2 aromatic rings. The highest BCUT2D eigenvalue weighted by molar-refractivity contribution is 9.10. The molecule has 1 aliphatic rings. The van der Waals surface area contributed by atoms with Crippen LogP contribution in [0.25, 0.3) is 0 Å². The first-order chi connectivity index (χ1) is 10.2. The zero-order valence-electron chi connectivity index (χ0n) is 11.6. The van der Waals surface area contributed by atoms with E-state index in [1.54, 1.807) is 7.11 Å². The van der Waals surface area contributed by atoms with Crippen molar-refractivity contribution in [3.05, 3.63) is 52.5 Å². The number of anilines is 2. The van der Waals surface area contributed by atoms with Gasteiger partial charge in [0.15, 0.2) is 0 Å². The summed E-state index contributed by atoms with van der Waals surface area (Å²) in [6, 6.07) is 13.7. The average molecular weight is 347 g/mol. The van der Waals surface area contributed by atoms with Crippen LogP contribution in [-0.2, 0) is 11.3 Å². The Morgan fingerprint density at radius 1 is 1.29 bits per heavy atom. The largest absolute Gasteiger partial charge is 0.497 e. The molecule has 0 atom stereocenters. The van der Waals surface area contributed by atoms with E-state index in [9.17, 15) is 4.79 Å². The van der Waals surface area contributed by atoms with Crippen molar-refractivity contribution in [3.8, 4) is 5.75 Å². The molecule has 0 unspecified atom stereocenters. The molecule has 1 heterocycles. The predicted molar refractivity (Wildman–Crippen MR) is 86.8 cm³/mol. The van der Waals surface area contributed by atoms with Crippen LogP contribution in [0.3, 0.4) is 0 Å². The Morgan fingerprint density at radius 3 is 2.90 bits per heavy atom. The van der Waals surface area contributed by atoms with Crippen molar-refractivity contribution in [2.24, 2.45) is 0 Å². The average Bonchev–Trinajstić information content (AvgIpc) is 2.49. The maximum Gasteiger partial charge on any atom is 0.243 e. The number of hydrogen-bond acceptors (Lipinski definition) is 3. The molecule has 21 heavy (non-hydrogen) atoms. The number of methoxy groups -OCH3 is 1. The molecule has 4 nitrogen and oxygen atoms in total. The summed E-state index contributed by atoms with van der Waals surface area (Å²) in [7, 11) is 1.65. The molecule has 0 saturated carbocycles. The van der Waals surface area contributed by atoms with Crippen molar-refractivity contribution in [3.63, 3.8) is 0 Å². The standard InChI is InChI=1S/C16H15BrN2O2/c1-21-12-6-7-13(17)11(8-12)9-19-10-16(20)18-14-4-2-3-5-15(14)19/h2-8H,9-10H2,1H3,(H,18,20). The second-order valence-corrected chi connectivity index (χ2v) is 5.73. The van der Waals surface area contributed by atoms with Gasteiger partial charge in [-0.3, -0.25) is 4.79 Å². The summed E-state index contributed by atoms with van der Waals surface area (Å²) < 4.78 is 6.28. The number of nitrogens with one attached hydrogen (secondary N) is 1. The van der Waals surface area contributed by atoms with Gasteiger partial charge in [0, 0.05) is 11.0 Å². The van der Waals surface area contributed by atoms with E-state index >= 15 is 0 Å². The van der Waals surface area contributed by atoms with Crippen LogP contribution in [0.4, 0.5) is 11.4 Å². The van der Waals surface area contributed by atoms with Gasteiger partial charge in [-0.05, 0) is 35.9 Å². The summed E-state index contributed by atoms with van der Waals surface area (Å²) in [5, 5.41) is 2.90. The Bertz CT molecular complexity index is 688. The number of carbonyl (C=O) groups is 1. The van der Waals surface area contributed by atoms with Gasteiger partial charge in [0.05, 0.1) is 25.0 Å². The fourth-order valence-electron chi connectivity index (χ4n) is 2.45. The summed E-state index contributed by atoms with van der Waals surface area (Å²) in [6.07, 6.45) is 0. The molecule has 0 aliphatic carbocycles. The highest BCUT2D eigenvalue weighted by Crippen LogP contribution is 2.32. The Balaban J connectivity index is 1.93. The normalized spacial score (nSPS) is 13.6. The highest BCUT2D eigenvalue weighted by atomic mass is 79.9. The lowest BCUT2D eigenvalue weighted by molar-refractivity contribution is -0.115.